The fourth-order valence-corrected chi connectivity index (χ4v) is 3.81. The first-order valence-corrected chi connectivity index (χ1v) is 11.0. The van der Waals surface area contributed by atoms with Crippen molar-refractivity contribution in [3.63, 3.8) is 0 Å². The highest BCUT2D eigenvalue weighted by molar-refractivity contribution is 6.35. The zero-order valence-electron chi connectivity index (χ0n) is 17.9. The second-order valence-electron chi connectivity index (χ2n) is 7.30. The Bertz CT molecular complexity index is 1110. The molecule has 3 rings (SSSR count). The Labute approximate surface area is 202 Å². The van der Waals surface area contributed by atoms with Crippen molar-refractivity contribution in [3.8, 4) is 5.75 Å². The molecule has 3 aromatic rings. The molecule has 0 aliphatic carbocycles. The molecular formula is C25H23Cl2FN2O3. The largest absolute Gasteiger partial charge is 0.481 e. The predicted molar refractivity (Wildman–Crippen MR) is 127 cm³/mol. The third-order valence-corrected chi connectivity index (χ3v) is 5.65. The lowest BCUT2D eigenvalue weighted by molar-refractivity contribution is -0.142. The molecule has 1 N–H and O–H groups in total. The minimum atomic E-state index is -0.846. The number of benzene rings is 3. The van der Waals surface area contributed by atoms with Crippen LogP contribution in [-0.2, 0) is 22.6 Å². The van der Waals surface area contributed by atoms with Crippen molar-refractivity contribution in [2.75, 3.05) is 13.7 Å². The molecule has 0 heterocycles. The second-order valence-corrected chi connectivity index (χ2v) is 8.14. The third-order valence-electron chi connectivity index (χ3n) is 5.06. The predicted octanol–water partition coefficient (Wildman–Crippen LogP) is 4.90. The first-order valence-electron chi connectivity index (χ1n) is 10.2. The molecule has 1 atom stereocenters. The molecule has 0 radical (unpaired) electrons. The molecule has 0 aliphatic heterocycles. The van der Waals surface area contributed by atoms with Crippen molar-refractivity contribution >= 4 is 35.0 Å². The van der Waals surface area contributed by atoms with Crippen LogP contribution in [0.25, 0.3) is 0 Å². The Morgan fingerprint density at radius 1 is 1.03 bits per heavy atom. The number of carbonyl (C=O) groups excluding carboxylic acids is 2. The number of carbonyl (C=O) groups is 2. The molecule has 0 fully saturated rings. The quantitative estimate of drug-likeness (QED) is 0.466. The zero-order chi connectivity index (χ0) is 23.8. The fourth-order valence-electron chi connectivity index (χ4n) is 3.34. The number of halogens is 3. The summed E-state index contributed by atoms with van der Waals surface area (Å²) in [6.45, 7) is -0.408. The van der Waals surface area contributed by atoms with E-state index in [0.717, 1.165) is 5.56 Å². The topological polar surface area (TPSA) is 58.6 Å². The van der Waals surface area contributed by atoms with Gasteiger partial charge in [-0.1, -0.05) is 71.7 Å². The van der Waals surface area contributed by atoms with Crippen LogP contribution in [0.1, 0.15) is 11.1 Å². The summed E-state index contributed by atoms with van der Waals surface area (Å²) in [6.07, 6.45) is 0.275. The summed E-state index contributed by atoms with van der Waals surface area (Å²) in [7, 11) is 1.51. The Morgan fingerprint density at radius 2 is 1.73 bits per heavy atom. The van der Waals surface area contributed by atoms with E-state index < -0.39 is 24.4 Å². The molecule has 0 aliphatic rings. The number of hydrogen-bond donors (Lipinski definition) is 1. The van der Waals surface area contributed by atoms with Crippen LogP contribution in [0.2, 0.25) is 10.0 Å². The Hall–Kier alpha value is -3.09. The van der Waals surface area contributed by atoms with Gasteiger partial charge in [0.25, 0.3) is 5.91 Å². The van der Waals surface area contributed by atoms with Gasteiger partial charge < -0.3 is 15.0 Å². The summed E-state index contributed by atoms with van der Waals surface area (Å²) in [5, 5.41) is 3.45. The summed E-state index contributed by atoms with van der Waals surface area (Å²) in [5.74, 6) is -1.46. The molecular weight excluding hydrogens is 466 g/mol. The zero-order valence-corrected chi connectivity index (χ0v) is 19.4. The Morgan fingerprint density at radius 3 is 2.39 bits per heavy atom. The summed E-state index contributed by atoms with van der Waals surface area (Å²) in [4.78, 5) is 27.5. The van der Waals surface area contributed by atoms with E-state index in [2.05, 4.69) is 5.32 Å². The maximum atomic E-state index is 14.0. The lowest BCUT2D eigenvalue weighted by Crippen LogP contribution is -2.51. The summed E-state index contributed by atoms with van der Waals surface area (Å²) >= 11 is 12.4. The van der Waals surface area contributed by atoms with E-state index in [0.29, 0.717) is 15.6 Å². The number of rotatable bonds is 9. The minimum Gasteiger partial charge on any atom is -0.481 e. The minimum absolute atomic E-state index is 0.0421. The van der Waals surface area contributed by atoms with Gasteiger partial charge in [-0.25, -0.2) is 4.39 Å². The standard InChI is InChI=1S/C25H23Cl2FN2O3/c1-29-25(32)22(13-17-7-3-2-4-8-17)30(15-18-11-12-19(26)14-20(18)27)24(31)16-33-23-10-6-5-9-21(23)28/h2-12,14,22H,13,15-16H2,1H3,(H,29,32)/t22-/m0/s1. The van der Waals surface area contributed by atoms with Gasteiger partial charge in [0.1, 0.15) is 6.04 Å². The number of amides is 2. The van der Waals surface area contributed by atoms with Crippen LogP contribution >= 0.6 is 23.2 Å². The highest BCUT2D eigenvalue weighted by Crippen LogP contribution is 2.24. The molecule has 33 heavy (non-hydrogen) atoms. The number of likely N-dealkylation sites (N-methyl/N-ethyl adjacent to an activating group) is 1. The molecule has 0 aromatic heterocycles. The van der Waals surface area contributed by atoms with Gasteiger partial charge in [0, 0.05) is 30.1 Å². The highest BCUT2D eigenvalue weighted by Gasteiger charge is 2.30. The molecule has 2 amide bonds. The molecule has 0 spiro atoms. The average Bonchev–Trinajstić information content (AvgIpc) is 2.82. The van der Waals surface area contributed by atoms with Gasteiger partial charge in [-0.05, 0) is 35.4 Å². The maximum absolute atomic E-state index is 14.0. The van der Waals surface area contributed by atoms with Gasteiger partial charge in [-0.15, -0.1) is 0 Å². The SMILES string of the molecule is CNC(=O)[C@H](Cc1ccccc1)N(Cc1ccc(Cl)cc1Cl)C(=O)COc1ccccc1F. The van der Waals surface area contributed by atoms with Crippen LogP contribution in [0.4, 0.5) is 4.39 Å². The van der Waals surface area contributed by atoms with E-state index in [9.17, 15) is 14.0 Å². The van der Waals surface area contributed by atoms with Crippen molar-refractivity contribution < 1.29 is 18.7 Å². The molecule has 0 unspecified atom stereocenters. The van der Waals surface area contributed by atoms with Crippen molar-refractivity contribution in [2.24, 2.45) is 0 Å². The van der Waals surface area contributed by atoms with Crippen molar-refractivity contribution in [1.82, 2.24) is 10.2 Å². The summed E-state index contributed by atoms with van der Waals surface area (Å²) in [6, 6.07) is 19.3. The second kappa shape index (κ2) is 11.7. The van der Waals surface area contributed by atoms with Crippen LogP contribution in [0, 0.1) is 5.82 Å². The smallest absolute Gasteiger partial charge is 0.261 e. The average molecular weight is 489 g/mol. The van der Waals surface area contributed by atoms with E-state index in [-0.39, 0.29) is 24.6 Å². The Balaban J connectivity index is 1.91. The molecule has 0 bridgehead atoms. The molecule has 5 nitrogen and oxygen atoms in total. The summed E-state index contributed by atoms with van der Waals surface area (Å²) in [5.41, 5.74) is 1.49. The van der Waals surface area contributed by atoms with Crippen LogP contribution in [0.5, 0.6) is 5.75 Å². The van der Waals surface area contributed by atoms with E-state index >= 15 is 0 Å². The number of nitrogens with one attached hydrogen (secondary N) is 1. The first kappa shape index (κ1) is 24.6. The molecule has 8 heteroatoms. The van der Waals surface area contributed by atoms with Gasteiger partial charge in [0.05, 0.1) is 0 Å². The molecule has 0 saturated heterocycles. The van der Waals surface area contributed by atoms with Crippen LogP contribution in [0.3, 0.4) is 0 Å². The van der Waals surface area contributed by atoms with E-state index in [4.69, 9.17) is 27.9 Å². The van der Waals surface area contributed by atoms with Crippen LogP contribution in [0.15, 0.2) is 72.8 Å². The number of para-hydroxylation sites is 1. The van der Waals surface area contributed by atoms with E-state index in [1.54, 1.807) is 24.3 Å². The van der Waals surface area contributed by atoms with Gasteiger partial charge in [0.15, 0.2) is 18.2 Å². The third kappa shape index (κ3) is 6.70. The Kier molecular flexibility index (Phi) is 8.69. The first-order chi connectivity index (χ1) is 15.9. The molecule has 172 valence electrons. The van der Waals surface area contributed by atoms with E-state index in [1.165, 1.54) is 30.1 Å². The summed E-state index contributed by atoms with van der Waals surface area (Å²) < 4.78 is 19.4. The number of hydrogen-bond acceptors (Lipinski definition) is 3. The maximum Gasteiger partial charge on any atom is 0.261 e. The van der Waals surface area contributed by atoms with Crippen molar-refractivity contribution in [3.05, 3.63) is 99.8 Å². The van der Waals surface area contributed by atoms with Gasteiger partial charge in [-0.2, -0.15) is 0 Å². The monoisotopic (exact) mass is 488 g/mol. The lowest BCUT2D eigenvalue weighted by atomic mass is 10.0. The number of nitrogens with zero attached hydrogens (tertiary/aromatic N) is 1. The fraction of sp³-hybridized carbons (Fsp3) is 0.200. The number of ether oxygens (including phenoxy) is 1. The molecule has 0 saturated carbocycles. The molecule has 3 aromatic carbocycles. The lowest BCUT2D eigenvalue weighted by Gasteiger charge is -2.31. The van der Waals surface area contributed by atoms with Crippen molar-refractivity contribution in [2.45, 2.75) is 19.0 Å². The van der Waals surface area contributed by atoms with Gasteiger partial charge in [0.2, 0.25) is 5.91 Å². The van der Waals surface area contributed by atoms with Crippen LogP contribution < -0.4 is 10.1 Å². The van der Waals surface area contributed by atoms with Gasteiger partial charge in [-0.3, -0.25) is 9.59 Å². The van der Waals surface area contributed by atoms with E-state index in [1.807, 2.05) is 30.3 Å². The normalized spacial score (nSPS) is 11.5. The van der Waals surface area contributed by atoms with Crippen LogP contribution in [-0.4, -0.2) is 36.4 Å². The van der Waals surface area contributed by atoms with Crippen molar-refractivity contribution in [1.29, 1.82) is 0 Å². The van der Waals surface area contributed by atoms with Gasteiger partial charge >= 0.3 is 0 Å². The highest BCUT2D eigenvalue weighted by atomic mass is 35.5.